The Kier molecular flexibility index (Phi) is 5.68. The first-order valence-electron chi connectivity index (χ1n) is 7.71. The molecular weight excluding hydrogens is 250 g/mol. The number of nitrogens with one attached hydrogen (secondary N) is 1. The van der Waals surface area contributed by atoms with Gasteiger partial charge in [-0.05, 0) is 56.9 Å². The van der Waals surface area contributed by atoms with Gasteiger partial charge in [0.2, 0.25) is 0 Å². The first-order chi connectivity index (χ1) is 9.72. The summed E-state index contributed by atoms with van der Waals surface area (Å²) in [6.07, 6.45) is 4.65. The summed E-state index contributed by atoms with van der Waals surface area (Å²) in [7, 11) is 0. The van der Waals surface area contributed by atoms with Gasteiger partial charge in [0.05, 0.1) is 6.61 Å². The Balaban J connectivity index is 1.93. The minimum atomic E-state index is 0.188. The number of hydrogen-bond donors (Lipinski definition) is 3. The summed E-state index contributed by atoms with van der Waals surface area (Å²) in [6.45, 7) is 3.88. The van der Waals surface area contributed by atoms with Crippen molar-refractivity contribution in [1.82, 2.24) is 0 Å². The van der Waals surface area contributed by atoms with Crippen molar-refractivity contribution >= 4 is 11.4 Å². The molecule has 0 aromatic heterocycles. The maximum atomic E-state index is 9.06. The fourth-order valence-corrected chi connectivity index (χ4v) is 2.95. The van der Waals surface area contributed by atoms with Gasteiger partial charge in [-0.2, -0.15) is 0 Å². The molecule has 0 aliphatic heterocycles. The molecular formula is C16H27N3O. The van der Waals surface area contributed by atoms with Crippen LogP contribution in [0.1, 0.15) is 32.6 Å². The zero-order valence-electron chi connectivity index (χ0n) is 12.4. The second-order valence-electron chi connectivity index (χ2n) is 5.62. The van der Waals surface area contributed by atoms with E-state index >= 15 is 0 Å². The molecule has 1 aromatic carbocycles. The van der Waals surface area contributed by atoms with Crippen molar-refractivity contribution in [3.63, 3.8) is 0 Å². The minimum absolute atomic E-state index is 0.188. The van der Waals surface area contributed by atoms with Crippen molar-refractivity contribution in [2.45, 2.75) is 44.7 Å². The van der Waals surface area contributed by atoms with Crippen LogP contribution in [0, 0.1) is 0 Å². The van der Waals surface area contributed by atoms with Crippen molar-refractivity contribution in [1.29, 1.82) is 0 Å². The molecule has 4 N–H and O–H groups in total. The molecule has 2 rings (SSSR count). The summed E-state index contributed by atoms with van der Waals surface area (Å²) in [4.78, 5) is 2.17. The molecule has 1 fully saturated rings. The van der Waals surface area contributed by atoms with Gasteiger partial charge in [-0.15, -0.1) is 0 Å². The van der Waals surface area contributed by atoms with Crippen LogP contribution in [-0.4, -0.2) is 36.9 Å². The number of anilines is 2. The van der Waals surface area contributed by atoms with Gasteiger partial charge in [0, 0.05) is 36.5 Å². The van der Waals surface area contributed by atoms with Gasteiger partial charge in [-0.1, -0.05) is 0 Å². The van der Waals surface area contributed by atoms with Gasteiger partial charge in [0.1, 0.15) is 0 Å². The Bertz CT molecular complexity index is 393. The lowest BCUT2D eigenvalue weighted by molar-refractivity contribution is 0.302. The van der Waals surface area contributed by atoms with Crippen LogP contribution in [-0.2, 0) is 0 Å². The number of hydrogen-bond acceptors (Lipinski definition) is 4. The van der Waals surface area contributed by atoms with Crippen molar-refractivity contribution in [2.24, 2.45) is 5.73 Å². The second-order valence-corrected chi connectivity index (χ2v) is 5.62. The first-order valence-corrected chi connectivity index (χ1v) is 7.71. The number of benzene rings is 1. The monoisotopic (exact) mass is 277 g/mol. The van der Waals surface area contributed by atoms with Crippen molar-refractivity contribution in [2.75, 3.05) is 29.9 Å². The fourth-order valence-electron chi connectivity index (χ4n) is 2.95. The number of nitrogens with zero attached hydrogens (tertiary/aromatic N) is 1. The summed E-state index contributed by atoms with van der Waals surface area (Å²) < 4.78 is 0. The molecule has 0 bridgehead atoms. The molecule has 4 heteroatoms. The van der Waals surface area contributed by atoms with E-state index in [9.17, 15) is 0 Å². The molecule has 1 aromatic rings. The first kappa shape index (κ1) is 15.1. The van der Waals surface area contributed by atoms with E-state index in [0.29, 0.717) is 18.6 Å². The van der Waals surface area contributed by atoms with E-state index in [0.717, 1.165) is 30.8 Å². The number of rotatable bonds is 6. The van der Waals surface area contributed by atoms with Crippen LogP contribution in [0.25, 0.3) is 0 Å². The topological polar surface area (TPSA) is 61.5 Å². The zero-order valence-corrected chi connectivity index (χ0v) is 12.4. The summed E-state index contributed by atoms with van der Waals surface area (Å²) >= 11 is 0. The normalized spacial score (nSPS) is 22.6. The lowest BCUT2D eigenvalue weighted by atomic mass is 9.91. The number of likely N-dealkylation sites (N-methyl/N-ethyl adjacent to an activating group) is 1. The van der Waals surface area contributed by atoms with Gasteiger partial charge in [0.15, 0.2) is 0 Å². The van der Waals surface area contributed by atoms with Crippen molar-refractivity contribution < 1.29 is 5.11 Å². The van der Waals surface area contributed by atoms with Crippen LogP contribution in [0.5, 0.6) is 0 Å². The number of aliphatic hydroxyl groups is 1. The predicted octanol–water partition coefficient (Wildman–Crippen LogP) is 2.19. The molecule has 112 valence electrons. The highest BCUT2D eigenvalue weighted by atomic mass is 16.3. The fraction of sp³-hybridized carbons (Fsp3) is 0.625. The van der Waals surface area contributed by atoms with Gasteiger partial charge in [-0.3, -0.25) is 0 Å². The van der Waals surface area contributed by atoms with Gasteiger partial charge < -0.3 is 21.1 Å². The molecule has 0 heterocycles. The van der Waals surface area contributed by atoms with E-state index in [4.69, 9.17) is 10.8 Å². The Hall–Kier alpha value is -1.26. The van der Waals surface area contributed by atoms with E-state index in [-0.39, 0.29) is 6.61 Å². The molecule has 1 aliphatic carbocycles. The summed E-state index contributed by atoms with van der Waals surface area (Å²) in [5.41, 5.74) is 8.34. The van der Waals surface area contributed by atoms with E-state index in [1.807, 2.05) is 0 Å². The summed E-state index contributed by atoms with van der Waals surface area (Å²) in [5.74, 6) is 0. The summed E-state index contributed by atoms with van der Waals surface area (Å²) in [6, 6.07) is 9.32. The molecule has 0 radical (unpaired) electrons. The van der Waals surface area contributed by atoms with Crippen LogP contribution in [0.15, 0.2) is 24.3 Å². The largest absolute Gasteiger partial charge is 0.395 e. The van der Waals surface area contributed by atoms with Crippen LogP contribution in [0.4, 0.5) is 11.4 Å². The van der Waals surface area contributed by atoms with Crippen molar-refractivity contribution in [3.05, 3.63) is 24.3 Å². The quantitative estimate of drug-likeness (QED) is 0.746. The average molecular weight is 277 g/mol. The lowest BCUT2D eigenvalue weighted by Gasteiger charge is -2.28. The lowest BCUT2D eigenvalue weighted by Crippen LogP contribution is -2.34. The summed E-state index contributed by atoms with van der Waals surface area (Å²) in [5, 5.41) is 12.6. The Labute approximate surface area is 122 Å². The van der Waals surface area contributed by atoms with Crippen LogP contribution in [0.3, 0.4) is 0 Å². The smallest absolute Gasteiger partial charge is 0.0606 e. The highest BCUT2D eigenvalue weighted by Crippen LogP contribution is 2.23. The molecule has 0 saturated heterocycles. The van der Waals surface area contributed by atoms with E-state index < -0.39 is 0 Å². The second kappa shape index (κ2) is 7.50. The van der Waals surface area contributed by atoms with Gasteiger partial charge in [0.25, 0.3) is 0 Å². The van der Waals surface area contributed by atoms with Crippen LogP contribution < -0.4 is 16.0 Å². The molecule has 2 atom stereocenters. The SMILES string of the molecule is CCN(CCO)c1ccc(NC2CCCC(N)C2)cc1. The van der Waals surface area contributed by atoms with Crippen molar-refractivity contribution in [3.8, 4) is 0 Å². The minimum Gasteiger partial charge on any atom is -0.395 e. The third-order valence-corrected chi connectivity index (χ3v) is 4.07. The van der Waals surface area contributed by atoms with Gasteiger partial charge >= 0.3 is 0 Å². The molecule has 1 saturated carbocycles. The van der Waals surface area contributed by atoms with E-state index in [1.165, 1.54) is 12.8 Å². The molecule has 0 spiro atoms. The molecule has 2 unspecified atom stereocenters. The third kappa shape index (κ3) is 4.12. The van der Waals surface area contributed by atoms with E-state index in [1.54, 1.807) is 0 Å². The average Bonchev–Trinajstić information content (AvgIpc) is 2.46. The molecule has 0 amide bonds. The Morgan fingerprint density at radius 3 is 2.65 bits per heavy atom. The highest BCUT2D eigenvalue weighted by molar-refractivity contribution is 5.55. The maximum Gasteiger partial charge on any atom is 0.0606 e. The number of nitrogens with two attached hydrogens (primary N) is 1. The zero-order chi connectivity index (χ0) is 14.4. The predicted molar refractivity (Wildman–Crippen MR) is 85.3 cm³/mol. The number of aliphatic hydroxyl groups excluding tert-OH is 1. The standard InChI is InChI=1S/C16H27N3O/c1-2-19(10-11-20)16-8-6-14(7-9-16)18-15-5-3-4-13(17)12-15/h6-9,13,15,18,20H,2-5,10-12,17H2,1H3. The van der Waals surface area contributed by atoms with Gasteiger partial charge in [-0.25, -0.2) is 0 Å². The Morgan fingerprint density at radius 2 is 2.05 bits per heavy atom. The maximum absolute atomic E-state index is 9.06. The molecule has 20 heavy (non-hydrogen) atoms. The molecule has 4 nitrogen and oxygen atoms in total. The van der Waals surface area contributed by atoms with E-state index in [2.05, 4.69) is 41.4 Å². The highest BCUT2D eigenvalue weighted by Gasteiger charge is 2.18. The third-order valence-electron chi connectivity index (χ3n) is 4.07. The van der Waals surface area contributed by atoms with Crippen LogP contribution >= 0.6 is 0 Å². The Morgan fingerprint density at radius 1 is 1.30 bits per heavy atom. The molecule has 1 aliphatic rings. The van der Waals surface area contributed by atoms with Crippen LogP contribution in [0.2, 0.25) is 0 Å².